The molecule has 1 saturated heterocycles. The quantitative estimate of drug-likeness (QED) is 0.673. The van der Waals surface area contributed by atoms with Crippen LogP contribution in [0.3, 0.4) is 0 Å². The number of phenolic OH excluding ortho intramolecular Hbond substituents is 1. The largest absolute Gasteiger partial charge is 0.508 e. The Morgan fingerprint density at radius 2 is 1.81 bits per heavy atom. The van der Waals surface area contributed by atoms with E-state index in [1.165, 1.54) is 0 Å². The van der Waals surface area contributed by atoms with Crippen LogP contribution in [0.5, 0.6) is 11.6 Å². The van der Waals surface area contributed by atoms with Crippen LogP contribution in [-0.2, 0) is 0 Å². The van der Waals surface area contributed by atoms with Crippen molar-refractivity contribution in [2.75, 3.05) is 46.4 Å². The monoisotopic (exact) mass is 367 g/mol. The third-order valence-corrected chi connectivity index (χ3v) is 4.97. The number of phenols is 1. The van der Waals surface area contributed by atoms with Crippen LogP contribution in [0.15, 0.2) is 42.6 Å². The Bertz CT molecular complexity index is 885. The predicted octanol–water partition coefficient (Wildman–Crippen LogP) is 2.12. The number of hydrogen-bond acceptors (Lipinski definition) is 6. The lowest BCUT2D eigenvalue weighted by Gasteiger charge is -2.32. The summed E-state index contributed by atoms with van der Waals surface area (Å²) in [4.78, 5) is 9.24. The van der Waals surface area contributed by atoms with Gasteiger partial charge in [0.15, 0.2) is 5.65 Å². The smallest absolute Gasteiger partial charge is 0.231 e. The molecule has 0 saturated carbocycles. The van der Waals surface area contributed by atoms with Crippen LogP contribution in [0.1, 0.15) is 6.42 Å². The molecule has 0 unspecified atom stereocenters. The maximum atomic E-state index is 9.48. The Hall–Kier alpha value is -2.64. The molecule has 1 N–H and O–H groups in total. The Morgan fingerprint density at radius 3 is 2.59 bits per heavy atom. The lowest BCUT2D eigenvalue weighted by atomic mass is 10.2. The molecule has 7 nitrogen and oxygen atoms in total. The first kappa shape index (κ1) is 17.8. The number of ether oxygens (including phenoxy) is 1. The molecule has 0 spiro atoms. The highest BCUT2D eigenvalue weighted by Gasteiger charge is 2.13. The first-order chi connectivity index (χ1) is 13.2. The minimum absolute atomic E-state index is 0.241. The second kappa shape index (κ2) is 7.94. The molecule has 3 heterocycles. The number of likely N-dealkylation sites (N-methyl/N-ethyl adjacent to an activating group) is 1. The van der Waals surface area contributed by atoms with E-state index in [0.717, 1.165) is 56.0 Å². The van der Waals surface area contributed by atoms with E-state index in [-0.39, 0.29) is 5.75 Å². The predicted molar refractivity (Wildman–Crippen MR) is 104 cm³/mol. The van der Waals surface area contributed by atoms with Crippen molar-refractivity contribution in [1.29, 1.82) is 0 Å². The first-order valence-electron chi connectivity index (χ1n) is 9.37. The van der Waals surface area contributed by atoms with E-state index in [4.69, 9.17) is 4.74 Å². The second-order valence-corrected chi connectivity index (χ2v) is 6.98. The van der Waals surface area contributed by atoms with Gasteiger partial charge in [0.25, 0.3) is 0 Å². The van der Waals surface area contributed by atoms with Gasteiger partial charge in [-0.3, -0.25) is 0 Å². The van der Waals surface area contributed by atoms with Gasteiger partial charge in [-0.15, -0.1) is 5.10 Å². The number of aromatic hydroxyl groups is 1. The Kier molecular flexibility index (Phi) is 5.22. The third kappa shape index (κ3) is 4.20. The highest BCUT2D eigenvalue weighted by atomic mass is 16.5. The Balaban J connectivity index is 1.38. The first-order valence-corrected chi connectivity index (χ1v) is 9.37. The van der Waals surface area contributed by atoms with Crippen LogP contribution in [0.25, 0.3) is 16.9 Å². The fourth-order valence-electron chi connectivity index (χ4n) is 3.30. The summed E-state index contributed by atoms with van der Waals surface area (Å²) in [5.41, 5.74) is 2.58. The molecule has 1 fully saturated rings. The Morgan fingerprint density at radius 1 is 1.04 bits per heavy atom. The van der Waals surface area contributed by atoms with Crippen molar-refractivity contribution < 1.29 is 9.84 Å². The molecular weight excluding hydrogens is 342 g/mol. The lowest BCUT2D eigenvalue weighted by Crippen LogP contribution is -2.44. The number of fused-ring (bicyclic) bond motifs is 1. The van der Waals surface area contributed by atoms with Crippen LogP contribution in [0.2, 0.25) is 0 Å². The fourth-order valence-corrected chi connectivity index (χ4v) is 3.30. The van der Waals surface area contributed by atoms with Crippen molar-refractivity contribution in [3.05, 3.63) is 42.6 Å². The van der Waals surface area contributed by atoms with Gasteiger partial charge in [-0.05, 0) is 43.8 Å². The van der Waals surface area contributed by atoms with E-state index in [2.05, 4.69) is 26.9 Å². The molecule has 1 aliphatic heterocycles. The summed E-state index contributed by atoms with van der Waals surface area (Å²) in [7, 11) is 2.17. The van der Waals surface area contributed by atoms with Gasteiger partial charge in [0.2, 0.25) is 5.88 Å². The van der Waals surface area contributed by atoms with Gasteiger partial charge in [0, 0.05) is 44.4 Å². The van der Waals surface area contributed by atoms with Crippen LogP contribution in [-0.4, -0.2) is 75.9 Å². The molecule has 0 aliphatic carbocycles. The van der Waals surface area contributed by atoms with Crippen molar-refractivity contribution in [2.24, 2.45) is 0 Å². The molecule has 7 heteroatoms. The van der Waals surface area contributed by atoms with Crippen LogP contribution < -0.4 is 4.74 Å². The van der Waals surface area contributed by atoms with Gasteiger partial charge in [-0.2, -0.15) is 0 Å². The average Bonchev–Trinajstić information content (AvgIpc) is 3.10. The highest BCUT2D eigenvalue weighted by Crippen LogP contribution is 2.23. The molecule has 0 radical (unpaired) electrons. The van der Waals surface area contributed by atoms with E-state index < -0.39 is 0 Å². The Labute approximate surface area is 158 Å². The molecule has 1 aliphatic rings. The van der Waals surface area contributed by atoms with Crippen molar-refractivity contribution in [2.45, 2.75) is 6.42 Å². The van der Waals surface area contributed by atoms with E-state index in [1.54, 1.807) is 22.8 Å². The number of hydrogen-bond donors (Lipinski definition) is 1. The van der Waals surface area contributed by atoms with Gasteiger partial charge in [-0.25, -0.2) is 9.50 Å². The topological polar surface area (TPSA) is 66.1 Å². The summed E-state index contributed by atoms with van der Waals surface area (Å²) in [6.45, 7) is 6.24. The summed E-state index contributed by atoms with van der Waals surface area (Å²) in [6, 6.07) is 10.8. The third-order valence-electron chi connectivity index (χ3n) is 4.97. The van der Waals surface area contributed by atoms with Gasteiger partial charge >= 0.3 is 0 Å². The number of rotatable bonds is 6. The molecule has 27 heavy (non-hydrogen) atoms. The number of imidazole rings is 1. The average molecular weight is 367 g/mol. The zero-order valence-corrected chi connectivity index (χ0v) is 15.6. The van der Waals surface area contributed by atoms with Gasteiger partial charge < -0.3 is 19.6 Å². The molecule has 2 aromatic heterocycles. The molecule has 142 valence electrons. The summed E-state index contributed by atoms with van der Waals surface area (Å²) < 4.78 is 7.65. The zero-order valence-electron chi connectivity index (χ0n) is 15.6. The SMILES string of the molecule is CN1CCN(CCCOc2ccc3ncc(-c4ccc(O)cc4)n3n2)CC1. The van der Waals surface area contributed by atoms with Crippen molar-refractivity contribution in [1.82, 2.24) is 24.4 Å². The van der Waals surface area contributed by atoms with E-state index in [1.807, 2.05) is 24.3 Å². The minimum Gasteiger partial charge on any atom is -0.508 e. The normalized spacial score (nSPS) is 16.0. The lowest BCUT2D eigenvalue weighted by molar-refractivity contribution is 0.145. The highest BCUT2D eigenvalue weighted by molar-refractivity contribution is 5.63. The summed E-state index contributed by atoms with van der Waals surface area (Å²) in [5, 5.41) is 14.1. The molecular formula is C20H25N5O2. The number of piperazine rings is 1. The number of aromatic nitrogens is 3. The van der Waals surface area contributed by atoms with Crippen LogP contribution in [0, 0.1) is 0 Å². The number of benzene rings is 1. The fraction of sp³-hybridized carbons (Fsp3) is 0.400. The van der Waals surface area contributed by atoms with Gasteiger partial charge in [0.1, 0.15) is 5.75 Å². The minimum atomic E-state index is 0.241. The maximum absolute atomic E-state index is 9.48. The van der Waals surface area contributed by atoms with Crippen molar-refractivity contribution >= 4 is 5.65 Å². The number of nitrogens with zero attached hydrogens (tertiary/aromatic N) is 5. The molecule has 0 bridgehead atoms. The zero-order chi connectivity index (χ0) is 18.6. The molecule has 0 amide bonds. The van der Waals surface area contributed by atoms with E-state index in [0.29, 0.717) is 12.5 Å². The van der Waals surface area contributed by atoms with E-state index in [9.17, 15) is 5.11 Å². The van der Waals surface area contributed by atoms with Gasteiger partial charge in [-0.1, -0.05) is 0 Å². The van der Waals surface area contributed by atoms with Crippen molar-refractivity contribution in [3.8, 4) is 22.9 Å². The molecule has 4 rings (SSSR count). The summed E-state index contributed by atoms with van der Waals surface area (Å²) >= 11 is 0. The molecule has 0 atom stereocenters. The molecule has 3 aromatic rings. The second-order valence-electron chi connectivity index (χ2n) is 6.98. The van der Waals surface area contributed by atoms with E-state index >= 15 is 0 Å². The molecule has 1 aromatic carbocycles. The van der Waals surface area contributed by atoms with Crippen LogP contribution >= 0.6 is 0 Å². The van der Waals surface area contributed by atoms with Crippen LogP contribution in [0.4, 0.5) is 0 Å². The standard InChI is InChI=1S/C20H25N5O2/c1-23-10-12-24(13-11-23)9-2-14-27-20-8-7-19-21-15-18(25(19)22-20)16-3-5-17(26)6-4-16/h3-8,15,26H,2,9-14H2,1H3. The summed E-state index contributed by atoms with van der Waals surface area (Å²) in [5.74, 6) is 0.837. The maximum Gasteiger partial charge on any atom is 0.231 e. The van der Waals surface area contributed by atoms with Crippen molar-refractivity contribution in [3.63, 3.8) is 0 Å². The summed E-state index contributed by atoms with van der Waals surface area (Å²) in [6.07, 6.45) is 2.77. The van der Waals surface area contributed by atoms with Gasteiger partial charge in [0.05, 0.1) is 18.5 Å².